The molecule has 0 radical (unpaired) electrons. The van der Waals surface area contributed by atoms with Crippen LogP contribution in [-0.2, 0) is 0 Å². The molecule has 0 fully saturated rings. The minimum atomic E-state index is -2.07. The maximum absolute atomic E-state index is 5.00. The van der Waals surface area contributed by atoms with Crippen LogP contribution in [0.15, 0.2) is 127 Å². The fourth-order valence-corrected chi connectivity index (χ4v) is 9.66. The molecule has 0 amide bonds. The van der Waals surface area contributed by atoms with E-state index >= 15 is 0 Å². The normalized spacial score (nSPS) is 12.1. The maximum atomic E-state index is 5.00. The fourth-order valence-electron chi connectivity index (χ4n) is 5.34. The molecule has 0 saturated carbocycles. The summed E-state index contributed by atoms with van der Waals surface area (Å²) >= 11 is 1.89. The average Bonchev–Trinajstić information content (AvgIpc) is 3.26. The first kappa shape index (κ1) is 20.7. The summed E-state index contributed by atoms with van der Waals surface area (Å²) in [5.41, 5.74) is 0. The highest BCUT2D eigenvalue weighted by molar-refractivity contribution is 7.93. The number of fused-ring (bicyclic) bond motifs is 5. The van der Waals surface area contributed by atoms with Crippen molar-refractivity contribution in [3.63, 3.8) is 0 Å². The molecule has 35 heavy (non-hydrogen) atoms. The van der Waals surface area contributed by atoms with E-state index in [2.05, 4.69) is 127 Å². The van der Waals surface area contributed by atoms with Crippen molar-refractivity contribution >= 4 is 82.2 Å². The molecule has 0 bridgehead atoms. The second-order valence-electron chi connectivity index (χ2n) is 9.13. The summed E-state index contributed by atoms with van der Waals surface area (Å²) in [6.45, 7) is -2.07. The van der Waals surface area contributed by atoms with Crippen LogP contribution in [0.4, 0.5) is 0 Å². The molecule has 2 heteroatoms. The molecule has 0 aliphatic rings. The van der Waals surface area contributed by atoms with Gasteiger partial charge in [-0.1, -0.05) is 109 Å². The van der Waals surface area contributed by atoms with E-state index in [1.54, 1.807) is 0 Å². The van der Waals surface area contributed by atoms with Crippen molar-refractivity contribution in [3.05, 3.63) is 127 Å². The van der Waals surface area contributed by atoms with Gasteiger partial charge in [0.2, 0.25) is 0 Å². The van der Waals surface area contributed by atoms with Gasteiger partial charge in [0, 0.05) is 20.2 Å². The Morgan fingerprint density at radius 2 is 0.971 bits per heavy atom. The van der Waals surface area contributed by atoms with Crippen LogP contribution >= 0.6 is 18.2 Å². The Kier molecular flexibility index (Phi) is 4.71. The molecule has 0 nitrogen and oxygen atoms in total. The molecule has 0 unspecified atom stereocenters. The molecular weight excluding hydrogens is 459 g/mol. The molecule has 0 spiro atoms. The summed E-state index contributed by atoms with van der Waals surface area (Å²) < 4.78 is 2.68. The van der Waals surface area contributed by atoms with E-state index in [0.717, 1.165) is 0 Å². The first-order valence-electron chi connectivity index (χ1n) is 11.8. The number of thiophene rings is 1. The molecule has 1 aromatic heterocycles. The van der Waals surface area contributed by atoms with Crippen molar-refractivity contribution in [2.75, 3.05) is 0 Å². The van der Waals surface area contributed by atoms with E-state index in [-0.39, 0.29) is 0 Å². The zero-order chi connectivity index (χ0) is 23.4. The van der Waals surface area contributed by atoms with Gasteiger partial charge in [-0.25, -0.2) is 0 Å². The predicted octanol–water partition coefficient (Wildman–Crippen LogP) is 8.09. The molecule has 0 aliphatic carbocycles. The third-order valence-electron chi connectivity index (χ3n) is 7.12. The SMILES string of the molecule is C=P(c1ccccc1)(c1ccccc1)c1cccc2cc3c(cc12)sc1cc2ccccc2cc13. The Hall–Kier alpha value is -3.64. The summed E-state index contributed by atoms with van der Waals surface area (Å²) in [6, 6.07) is 46.6. The second kappa shape index (κ2) is 7.95. The molecular formula is C33H23PS. The van der Waals surface area contributed by atoms with Gasteiger partial charge in [-0.3, -0.25) is 0 Å². The Balaban J connectivity index is 1.56. The highest BCUT2D eigenvalue weighted by Crippen LogP contribution is 2.45. The summed E-state index contributed by atoms with van der Waals surface area (Å²) in [6.07, 6.45) is 5.00. The first-order valence-corrected chi connectivity index (χ1v) is 14.6. The minimum Gasteiger partial charge on any atom is -0.135 e. The number of hydrogen-bond acceptors (Lipinski definition) is 1. The summed E-state index contributed by atoms with van der Waals surface area (Å²) in [5.74, 6) is 0. The van der Waals surface area contributed by atoms with Crippen LogP contribution in [0.5, 0.6) is 0 Å². The van der Waals surface area contributed by atoms with Crippen LogP contribution in [0, 0.1) is 0 Å². The van der Waals surface area contributed by atoms with Crippen LogP contribution in [0.2, 0.25) is 0 Å². The molecule has 0 aliphatic heterocycles. The van der Waals surface area contributed by atoms with Crippen LogP contribution in [0.25, 0.3) is 41.7 Å². The Bertz CT molecular complexity index is 1870. The molecule has 0 N–H and O–H groups in total. The Morgan fingerprint density at radius 3 is 1.63 bits per heavy atom. The lowest BCUT2D eigenvalue weighted by molar-refractivity contribution is 1.75. The van der Waals surface area contributed by atoms with Gasteiger partial charge < -0.3 is 0 Å². The van der Waals surface area contributed by atoms with Gasteiger partial charge in [-0.05, 0) is 68.6 Å². The second-order valence-corrected chi connectivity index (χ2v) is 13.3. The number of benzene rings is 6. The van der Waals surface area contributed by atoms with E-state index in [1.165, 1.54) is 57.6 Å². The Labute approximate surface area is 209 Å². The van der Waals surface area contributed by atoms with Crippen LogP contribution < -0.4 is 15.9 Å². The van der Waals surface area contributed by atoms with Gasteiger partial charge in [0.25, 0.3) is 0 Å². The molecule has 7 aromatic rings. The summed E-state index contributed by atoms with van der Waals surface area (Å²) in [5, 5.41) is 11.8. The van der Waals surface area contributed by atoms with Gasteiger partial charge in [-0.15, -0.1) is 11.3 Å². The quantitative estimate of drug-likeness (QED) is 0.223. The first-order chi connectivity index (χ1) is 17.2. The van der Waals surface area contributed by atoms with Crippen molar-refractivity contribution in [2.24, 2.45) is 0 Å². The largest absolute Gasteiger partial charge is 0.135 e. The third-order valence-corrected chi connectivity index (χ3v) is 11.8. The number of rotatable bonds is 3. The lowest BCUT2D eigenvalue weighted by Crippen LogP contribution is -2.25. The topological polar surface area (TPSA) is 0 Å². The van der Waals surface area contributed by atoms with Gasteiger partial charge >= 0.3 is 0 Å². The van der Waals surface area contributed by atoms with Gasteiger partial charge in [0.15, 0.2) is 0 Å². The predicted molar refractivity (Wildman–Crippen MR) is 160 cm³/mol. The molecule has 1 heterocycles. The van der Waals surface area contributed by atoms with E-state index in [9.17, 15) is 0 Å². The highest BCUT2D eigenvalue weighted by Gasteiger charge is 2.24. The molecule has 0 saturated heterocycles. The van der Waals surface area contributed by atoms with E-state index in [4.69, 9.17) is 6.30 Å². The lowest BCUT2D eigenvalue weighted by Gasteiger charge is -2.28. The highest BCUT2D eigenvalue weighted by atomic mass is 32.1. The van der Waals surface area contributed by atoms with Crippen molar-refractivity contribution in [1.82, 2.24) is 0 Å². The minimum absolute atomic E-state index is 1.28. The number of hydrogen-bond donors (Lipinski definition) is 0. The zero-order valence-corrected chi connectivity index (χ0v) is 20.9. The molecule has 7 rings (SSSR count). The van der Waals surface area contributed by atoms with Crippen molar-refractivity contribution in [2.45, 2.75) is 0 Å². The maximum Gasteiger partial charge on any atom is 0.0362 e. The van der Waals surface area contributed by atoms with Crippen LogP contribution in [0.1, 0.15) is 0 Å². The van der Waals surface area contributed by atoms with Crippen molar-refractivity contribution in [3.8, 4) is 0 Å². The lowest BCUT2D eigenvalue weighted by atomic mass is 10.0. The van der Waals surface area contributed by atoms with Crippen molar-refractivity contribution < 1.29 is 0 Å². The fraction of sp³-hybridized carbons (Fsp3) is 0. The van der Waals surface area contributed by atoms with Gasteiger partial charge in [0.05, 0.1) is 0 Å². The third kappa shape index (κ3) is 3.20. The Morgan fingerprint density at radius 1 is 0.457 bits per heavy atom. The van der Waals surface area contributed by atoms with E-state index < -0.39 is 6.89 Å². The zero-order valence-electron chi connectivity index (χ0n) is 19.2. The summed E-state index contributed by atoms with van der Waals surface area (Å²) in [7, 11) is 0. The van der Waals surface area contributed by atoms with Gasteiger partial charge in [-0.2, -0.15) is 0 Å². The van der Waals surface area contributed by atoms with Crippen LogP contribution in [-0.4, -0.2) is 6.30 Å². The standard InChI is InChI=1S/C33H23PS/c1-34(26-14-4-2-5-15-26,27-16-6-3-7-17-27)31-18-10-13-25-20-30-29-19-23-11-8-9-12-24(23)21-32(29)35-33(30)22-28(25)31/h2-22H,1H2. The monoisotopic (exact) mass is 482 g/mol. The molecule has 166 valence electrons. The van der Waals surface area contributed by atoms with Gasteiger partial charge in [0.1, 0.15) is 0 Å². The van der Waals surface area contributed by atoms with Crippen LogP contribution in [0.3, 0.4) is 0 Å². The van der Waals surface area contributed by atoms with E-state index in [1.807, 2.05) is 11.3 Å². The summed E-state index contributed by atoms with van der Waals surface area (Å²) in [4.78, 5) is 0. The molecule has 0 atom stereocenters. The average molecular weight is 483 g/mol. The van der Waals surface area contributed by atoms with E-state index in [0.29, 0.717) is 0 Å². The molecule has 6 aromatic carbocycles. The smallest absolute Gasteiger partial charge is 0.0362 e. The van der Waals surface area contributed by atoms with Crippen molar-refractivity contribution in [1.29, 1.82) is 0 Å².